The van der Waals surface area contributed by atoms with Crippen molar-refractivity contribution in [1.82, 2.24) is 5.32 Å². The molecule has 1 N–H and O–H groups in total. The quantitative estimate of drug-likeness (QED) is 0.736. The van der Waals surface area contributed by atoms with Gasteiger partial charge in [-0.15, -0.1) is 0 Å². The maximum Gasteiger partial charge on any atom is 0.0510 e. The Balaban J connectivity index is 2.29. The lowest BCUT2D eigenvalue weighted by molar-refractivity contribution is 0.179. The van der Waals surface area contributed by atoms with E-state index in [0.29, 0.717) is 6.04 Å². The molecular formula is C11H23NOS. The van der Waals surface area contributed by atoms with E-state index >= 15 is 0 Å². The second kappa shape index (κ2) is 6.70. The van der Waals surface area contributed by atoms with Gasteiger partial charge in [0.25, 0.3) is 0 Å². The summed E-state index contributed by atoms with van der Waals surface area (Å²) in [6, 6.07) is 0.648. The van der Waals surface area contributed by atoms with Crippen molar-refractivity contribution in [3.8, 4) is 0 Å². The Morgan fingerprint density at radius 2 is 2.29 bits per heavy atom. The first-order valence-electron chi connectivity index (χ1n) is 5.66. The normalized spacial score (nSPS) is 24.4. The molecule has 14 heavy (non-hydrogen) atoms. The molecular weight excluding hydrogens is 194 g/mol. The van der Waals surface area contributed by atoms with Crippen molar-refractivity contribution in [3.63, 3.8) is 0 Å². The molecule has 0 saturated carbocycles. The minimum atomic E-state index is 0.648. The third-order valence-electron chi connectivity index (χ3n) is 2.61. The fraction of sp³-hybridized carbons (Fsp3) is 1.00. The molecule has 1 aliphatic rings. The van der Waals surface area contributed by atoms with Crippen molar-refractivity contribution >= 4 is 11.8 Å². The van der Waals surface area contributed by atoms with E-state index < -0.39 is 0 Å². The summed E-state index contributed by atoms with van der Waals surface area (Å²) in [6.45, 7) is 9.69. The van der Waals surface area contributed by atoms with Crippen LogP contribution in [0.15, 0.2) is 0 Å². The van der Waals surface area contributed by atoms with E-state index in [1.807, 2.05) is 11.8 Å². The predicted octanol–water partition coefficient (Wildman–Crippen LogP) is 2.14. The van der Waals surface area contributed by atoms with Crippen LogP contribution in [0.2, 0.25) is 0 Å². The van der Waals surface area contributed by atoms with Crippen LogP contribution in [0.3, 0.4) is 0 Å². The largest absolute Gasteiger partial charge is 0.381 e. The summed E-state index contributed by atoms with van der Waals surface area (Å²) in [6.07, 6.45) is 1.23. The molecule has 84 valence electrons. The van der Waals surface area contributed by atoms with Crippen LogP contribution in [0.25, 0.3) is 0 Å². The number of hydrogen-bond donors (Lipinski definition) is 1. The van der Waals surface area contributed by atoms with Gasteiger partial charge in [0, 0.05) is 24.3 Å². The molecule has 1 aliphatic heterocycles. The average Bonchev–Trinajstić information content (AvgIpc) is 2.64. The van der Waals surface area contributed by atoms with Crippen molar-refractivity contribution in [2.24, 2.45) is 5.92 Å². The Kier molecular flexibility index (Phi) is 5.90. The number of ether oxygens (including phenoxy) is 1. The van der Waals surface area contributed by atoms with Crippen LogP contribution >= 0.6 is 11.8 Å². The predicted molar refractivity (Wildman–Crippen MR) is 64.0 cm³/mol. The SMILES string of the molecule is CCNC(CSC(C)C)C1CCOC1. The van der Waals surface area contributed by atoms with Crippen LogP contribution in [0.4, 0.5) is 0 Å². The summed E-state index contributed by atoms with van der Waals surface area (Å²) < 4.78 is 5.44. The van der Waals surface area contributed by atoms with E-state index in [1.54, 1.807) is 0 Å². The summed E-state index contributed by atoms with van der Waals surface area (Å²) in [5.74, 6) is 1.96. The van der Waals surface area contributed by atoms with Crippen LogP contribution in [0.5, 0.6) is 0 Å². The van der Waals surface area contributed by atoms with Crippen molar-refractivity contribution in [2.45, 2.75) is 38.5 Å². The van der Waals surface area contributed by atoms with Gasteiger partial charge in [0.1, 0.15) is 0 Å². The molecule has 0 spiro atoms. The third-order valence-corrected chi connectivity index (χ3v) is 3.83. The minimum absolute atomic E-state index is 0.648. The Morgan fingerprint density at radius 3 is 2.79 bits per heavy atom. The maximum atomic E-state index is 5.44. The molecule has 0 amide bonds. The highest BCUT2D eigenvalue weighted by Gasteiger charge is 2.24. The van der Waals surface area contributed by atoms with Gasteiger partial charge >= 0.3 is 0 Å². The third kappa shape index (κ3) is 4.20. The molecule has 0 radical (unpaired) electrons. The van der Waals surface area contributed by atoms with Gasteiger partial charge in [-0.05, 0) is 18.2 Å². The fourth-order valence-electron chi connectivity index (χ4n) is 1.79. The molecule has 1 saturated heterocycles. The first kappa shape index (κ1) is 12.3. The number of nitrogens with one attached hydrogen (secondary N) is 1. The molecule has 0 aromatic heterocycles. The summed E-state index contributed by atoms with van der Waals surface area (Å²) in [5.41, 5.74) is 0. The zero-order valence-corrected chi connectivity index (χ0v) is 10.4. The highest BCUT2D eigenvalue weighted by molar-refractivity contribution is 7.99. The number of hydrogen-bond acceptors (Lipinski definition) is 3. The number of rotatable bonds is 6. The molecule has 2 nitrogen and oxygen atoms in total. The van der Waals surface area contributed by atoms with Crippen molar-refractivity contribution in [2.75, 3.05) is 25.5 Å². The molecule has 0 aromatic carbocycles. The highest BCUT2D eigenvalue weighted by Crippen LogP contribution is 2.21. The Hall–Kier alpha value is 0.270. The summed E-state index contributed by atoms with van der Waals surface area (Å²) >= 11 is 2.05. The van der Waals surface area contributed by atoms with Gasteiger partial charge in [0.15, 0.2) is 0 Å². The minimum Gasteiger partial charge on any atom is -0.381 e. The molecule has 2 unspecified atom stereocenters. The summed E-state index contributed by atoms with van der Waals surface area (Å²) in [4.78, 5) is 0. The van der Waals surface area contributed by atoms with Gasteiger partial charge in [-0.2, -0.15) is 11.8 Å². The number of thioether (sulfide) groups is 1. The standard InChI is InChI=1S/C11H23NOS/c1-4-12-11(8-14-9(2)3)10-5-6-13-7-10/h9-12H,4-8H2,1-3H3. The molecule has 3 heteroatoms. The van der Waals surface area contributed by atoms with Crippen molar-refractivity contribution < 1.29 is 4.74 Å². The second-order valence-electron chi connectivity index (χ2n) is 4.17. The molecule has 1 rings (SSSR count). The van der Waals surface area contributed by atoms with Gasteiger partial charge < -0.3 is 10.1 Å². The van der Waals surface area contributed by atoms with Crippen LogP contribution in [0, 0.1) is 5.92 Å². The van der Waals surface area contributed by atoms with E-state index in [0.717, 1.165) is 30.9 Å². The fourth-order valence-corrected chi connectivity index (χ4v) is 2.77. The summed E-state index contributed by atoms with van der Waals surface area (Å²) in [5, 5.41) is 4.31. The van der Waals surface area contributed by atoms with E-state index in [9.17, 15) is 0 Å². The van der Waals surface area contributed by atoms with Gasteiger partial charge in [0.05, 0.1) is 6.61 Å². The molecule has 0 aliphatic carbocycles. The van der Waals surface area contributed by atoms with Gasteiger partial charge in [-0.1, -0.05) is 20.8 Å². The second-order valence-corrected chi connectivity index (χ2v) is 5.78. The Morgan fingerprint density at radius 1 is 1.50 bits per heavy atom. The van der Waals surface area contributed by atoms with Gasteiger partial charge in [-0.3, -0.25) is 0 Å². The molecule has 0 bridgehead atoms. The smallest absolute Gasteiger partial charge is 0.0510 e. The Bertz CT molecular complexity index is 146. The van der Waals surface area contributed by atoms with Crippen molar-refractivity contribution in [1.29, 1.82) is 0 Å². The van der Waals surface area contributed by atoms with E-state index in [-0.39, 0.29) is 0 Å². The lowest BCUT2D eigenvalue weighted by Gasteiger charge is -2.23. The topological polar surface area (TPSA) is 21.3 Å². The monoisotopic (exact) mass is 217 g/mol. The zero-order valence-electron chi connectivity index (χ0n) is 9.58. The van der Waals surface area contributed by atoms with Crippen molar-refractivity contribution in [3.05, 3.63) is 0 Å². The highest BCUT2D eigenvalue weighted by atomic mass is 32.2. The van der Waals surface area contributed by atoms with Crippen LogP contribution < -0.4 is 5.32 Å². The Labute approximate surface area is 92.2 Å². The van der Waals surface area contributed by atoms with Gasteiger partial charge in [0.2, 0.25) is 0 Å². The van der Waals surface area contributed by atoms with Crippen LogP contribution in [0.1, 0.15) is 27.2 Å². The maximum absolute atomic E-state index is 5.44. The average molecular weight is 217 g/mol. The first-order valence-corrected chi connectivity index (χ1v) is 6.71. The van der Waals surface area contributed by atoms with Gasteiger partial charge in [-0.25, -0.2) is 0 Å². The molecule has 1 fully saturated rings. The van der Waals surface area contributed by atoms with E-state index in [4.69, 9.17) is 4.74 Å². The lowest BCUT2D eigenvalue weighted by atomic mass is 10.0. The van der Waals surface area contributed by atoms with E-state index in [2.05, 4.69) is 26.1 Å². The lowest BCUT2D eigenvalue weighted by Crippen LogP contribution is -2.38. The molecule has 1 heterocycles. The zero-order chi connectivity index (χ0) is 10.4. The molecule has 0 aromatic rings. The first-order chi connectivity index (χ1) is 6.74. The molecule has 2 atom stereocenters. The summed E-state index contributed by atoms with van der Waals surface area (Å²) in [7, 11) is 0. The van der Waals surface area contributed by atoms with E-state index in [1.165, 1.54) is 12.2 Å². The van der Waals surface area contributed by atoms with Crippen LogP contribution in [-0.4, -0.2) is 36.8 Å². The van der Waals surface area contributed by atoms with Crippen LogP contribution in [-0.2, 0) is 4.74 Å².